The van der Waals surface area contributed by atoms with Gasteiger partial charge in [0.05, 0.1) is 5.39 Å². The number of aromatic nitrogens is 2. The fraction of sp³-hybridized carbons (Fsp3) is 0.136. The summed E-state index contributed by atoms with van der Waals surface area (Å²) in [7, 11) is 0. The van der Waals surface area contributed by atoms with Gasteiger partial charge in [0.2, 0.25) is 5.88 Å². The van der Waals surface area contributed by atoms with E-state index in [2.05, 4.69) is 15.3 Å². The van der Waals surface area contributed by atoms with Crippen molar-refractivity contribution in [2.45, 2.75) is 13.5 Å². The van der Waals surface area contributed by atoms with Crippen molar-refractivity contribution in [2.24, 2.45) is 0 Å². The van der Waals surface area contributed by atoms with Gasteiger partial charge in [0, 0.05) is 17.5 Å². The van der Waals surface area contributed by atoms with E-state index in [1.807, 2.05) is 36.6 Å². The van der Waals surface area contributed by atoms with Crippen LogP contribution < -0.4 is 10.1 Å². The molecule has 1 N–H and O–H groups in total. The topological polar surface area (TPSA) is 64.1 Å². The summed E-state index contributed by atoms with van der Waals surface area (Å²) in [5.41, 5.74) is 3.87. The fourth-order valence-corrected chi connectivity index (χ4v) is 3.80. The van der Waals surface area contributed by atoms with Crippen molar-refractivity contribution in [2.75, 3.05) is 6.61 Å². The maximum absolute atomic E-state index is 13.3. The van der Waals surface area contributed by atoms with E-state index in [1.165, 1.54) is 35.4 Å². The summed E-state index contributed by atoms with van der Waals surface area (Å²) in [5, 5.41) is 5.48. The lowest BCUT2D eigenvalue weighted by molar-refractivity contribution is -0.123. The first-order valence-electron chi connectivity index (χ1n) is 9.03. The lowest BCUT2D eigenvalue weighted by Gasteiger charge is -2.09. The number of nitrogens with one attached hydrogen (secondary N) is 1. The normalized spacial score (nSPS) is 10.8. The van der Waals surface area contributed by atoms with Crippen LogP contribution in [0.2, 0.25) is 0 Å². The van der Waals surface area contributed by atoms with Crippen LogP contribution >= 0.6 is 11.3 Å². The van der Waals surface area contributed by atoms with Crippen molar-refractivity contribution in [1.82, 2.24) is 15.3 Å². The van der Waals surface area contributed by atoms with E-state index in [9.17, 15) is 9.18 Å². The van der Waals surface area contributed by atoms with Crippen LogP contribution in [-0.2, 0) is 11.3 Å². The molecule has 1 amide bonds. The third kappa shape index (κ3) is 4.41. The number of aryl methyl sites for hydroxylation is 1. The van der Waals surface area contributed by atoms with Gasteiger partial charge in [-0.2, -0.15) is 0 Å². The highest BCUT2D eigenvalue weighted by atomic mass is 32.1. The van der Waals surface area contributed by atoms with Crippen LogP contribution in [0.3, 0.4) is 0 Å². The number of ether oxygens (including phenoxy) is 1. The Morgan fingerprint density at radius 2 is 1.86 bits per heavy atom. The summed E-state index contributed by atoms with van der Waals surface area (Å²) in [4.78, 5) is 21.4. The second-order valence-corrected chi connectivity index (χ2v) is 7.42. The van der Waals surface area contributed by atoms with Crippen molar-refractivity contribution < 1.29 is 13.9 Å². The average Bonchev–Trinajstić information content (AvgIpc) is 3.17. The Balaban J connectivity index is 1.47. The second-order valence-electron chi connectivity index (χ2n) is 6.57. The molecule has 146 valence electrons. The van der Waals surface area contributed by atoms with Crippen molar-refractivity contribution in [3.8, 4) is 17.0 Å². The molecule has 0 spiro atoms. The van der Waals surface area contributed by atoms with Gasteiger partial charge in [-0.3, -0.25) is 4.79 Å². The SMILES string of the molecule is Cc1ccc(CNC(=O)COc2ncnc3scc(-c4ccc(F)cc4)c23)cc1. The highest BCUT2D eigenvalue weighted by Gasteiger charge is 2.15. The molecule has 2 aromatic carbocycles. The van der Waals surface area contributed by atoms with Gasteiger partial charge < -0.3 is 10.1 Å². The molecule has 4 aromatic rings. The van der Waals surface area contributed by atoms with Crippen LogP contribution in [0.1, 0.15) is 11.1 Å². The molecule has 0 radical (unpaired) electrons. The van der Waals surface area contributed by atoms with E-state index in [0.717, 1.165) is 26.9 Å². The van der Waals surface area contributed by atoms with Crippen LogP contribution in [0, 0.1) is 12.7 Å². The number of fused-ring (bicyclic) bond motifs is 1. The molecule has 5 nitrogen and oxygen atoms in total. The largest absolute Gasteiger partial charge is 0.467 e. The van der Waals surface area contributed by atoms with Crippen molar-refractivity contribution in [1.29, 1.82) is 0 Å². The van der Waals surface area contributed by atoms with Crippen molar-refractivity contribution >= 4 is 27.5 Å². The molecular weight excluding hydrogens is 389 g/mol. The zero-order valence-corrected chi connectivity index (χ0v) is 16.5. The van der Waals surface area contributed by atoms with Gasteiger partial charge in [-0.15, -0.1) is 11.3 Å². The van der Waals surface area contributed by atoms with Crippen LogP contribution in [0.15, 0.2) is 60.2 Å². The third-order valence-corrected chi connectivity index (χ3v) is 5.33. The molecule has 0 aliphatic carbocycles. The number of rotatable bonds is 6. The molecule has 0 aliphatic rings. The molecule has 0 fully saturated rings. The number of halogens is 1. The van der Waals surface area contributed by atoms with Gasteiger partial charge in [0.15, 0.2) is 6.61 Å². The van der Waals surface area contributed by atoms with Gasteiger partial charge in [0.25, 0.3) is 5.91 Å². The second kappa shape index (κ2) is 8.36. The Morgan fingerprint density at radius 1 is 1.10 bits per heavy atom. The molecule has 0 aliphatic heterocycles. The number of carbonyl (C=O) groups excluding carboxylic acids is 1. The number of amides is 1. The Hall–Kier alpha value is -3.32. The quantitative estimate of drug-likeness (QED) is 0.511. The van der Waals surface area contributed by atoms with Crippen molar-refractivity contribution in [3.63, 3.8) is 0 Å². The lowest BCUT2D eigenvalue weighted by Crippen LogP contribution is -2.28. The van der Waals surface area contributed by atoms with Crippen LogP contribution in [0.5, 0.6) is 5.88 Å². The minimum absolute atomic E-state index is 0.156. The molecule has 7 heteroatoms. The molecule has 0 unspecified atom stereocenters. The highest BCUT2D eigenvalue weighted by Crippen LogP contribution is 2.37. The summed E-state index contributed by atoms with van der Waals surface area (Å²) in [5.74, 6) is -0.205. The Kier molecular flexibility index (Phi) is 5.48. The molecule has 2 heterocycles. The molecular formula is C22H18FN3O2S. The van der Waals surface area contributed by atoms with E-state index in [-0.39, 0.29) is 18.3 Å². The number of nitrogens with zero attached hydrogens (tertiary/aromatic N) is 2. The maximum Gasteiger partial charge on any atom is 0.258 e. The molecule has 0 bridgehead atoms. The molecule has 0 saturated heterocycles. The standard InChI is InChI=1S/C22H18FN3O2S/c1-14-2-4-15(5-3-14)10-24-19(27)11-28-21-20-18(12-29-22(20)26-13-25-21)16-6-8-17(23)9-7-16/h2-9,12-13H,10-11H2,1H3,(H,24,27). The highest BCUT2D eigenvalue weighted by molar-refractivity contribution is 7.17. The molecule has 29 heavy (non-hydrogen) atoms. The van der Waals surface area contributed by atoms with Crippen LogP contribution in [-0.4, -0.2) is 22.5 Å². The minimum Gasteiger partial charge on any atom is -0.467 e. The minimum atomic E-state index is -0.300. The number of hydrogen-bond donors (Lipinski definition) is 1. The van der Waals surface area contributed by atoms with E-state index in [1.54, 1.807) is 12.1 Å². The number of benzene rings is 2. The number of hydrogen-bond acceptors (Lipinski definition) is 5. The van der Waals surface area contributed by atoms with Gasteiger partial charge in [0.1, 0.15) is 17.0 Å². The fourth-order valence-electron chi connectivity index (χ4n) is 2.89. The summed E-state index contributed by atoms with van der Waals surface area (Å²) < 4.78 is 19.0. The maximum atomic E-state index is 13.3. The van der Waals surface area contributed by atoms with E-state index >= 15 is 0 Å². The summed E-state index contributed by atoms with van der Waals surface area (Å²) in [6, 6.07) is 14.2. The first-order chi connectivity index (χ1) is 14.1. The number of carbonyl (C=O) groups is 1. The third-order valence-electron chi connectivity index (χ3n) is 4.44. The summed E-state index contributed by atoms with van der Waals surface area (Å²) >= 11 is 1.44. The lowest BCUT2D eigenvalue weighted by atomic mass is 10.1. The monoisotopic (exact) mass is 407 g/mol. The molecule has 2 aromatic heterocycles. The molecule has 0 saturated carbocycles. The summed E-state index contributed by atoms with van der Waals surface area (Å²) in [6.45, 7) is 2.29. The van der Waals surface area contributed by atoms with Gasteiger partial charge in [-0.25, -0.2) is 14.4 Å². The Bertz CT molecular complexity index is 1140. The first kappa shape index (κ1) is 19.0. The van der Waals surface area contributed by atoms with Gasteiger partial charge in [-0.1, -0.05) is 42.0 Å². The van der Waals surface area contributed by atoms with Gasteiger partial charge >= 0.3 is 0 Å². The van der Waals surface area contributed by atoms with Crippen LogP contribution in [0.4, 0.5) is 4.39 Å². The average molecular weight is 407 g/mol. The van der Waals surface area contributed by atoms with E-state index in [0.29, 0.717) is 12.4 Å². The van der Waals surface area contributed by atoms with E-state index < -0.39 is 0 Å². The Morgan fingerprint density at radius 3 is 2.62 bits per heavy atom. The predicted molar refractivity (Wildman–Crippen MR) is 111 cm³/mol. The smallest absolute Gasteiger partial charge is 0.258 e. The Labute approximate surface area is 171 Å². The van der Waals surface area contributed by atoms with Gasteiger partial charge in [-0.05, 0) is 30.2 Å². The predicted octanol–water partition coefficient (Wildman–Crippen LogP) is 4.50. The van der Waals surface area contributed by atoms with Crippen molar-refractivity contribution in [3.05, 3.63) is 77.2 Å². The molecule has 0 atom stereocenters. The van der Waals surface area contributed by atoms with E-state index in [4.69, 9.17) is 4.74 Å². The summed E-state index contributed by atoms with van der Waals surface area (Å²) in [6.07, 6.45) is 1.41. The zero-order valence-electron chi connectivity index (χ0n) is 15.7. The first-order valence-corrected chi connectivity index (χ1v) is 9.91. The number of thiophene rings is 1. The van der Waals surface area contributed by atoms with Crippen LogP contribution in [0.25, 0.3) is 21.3 Å². The zero-order chi connectivity index (χ0) is 20.2. The molecule has 4 rings (SSSR count).